The van der Waals surface area contributed by atoms with Crippen LogP contribution < -0.4 is 0 Å². The molecule has 134 valence electrons. The van der Waals surface area contributed by atoms with Crippen LogP contribution in [0.5, 0.6) is 0 Å². The number of carbonyl (C=O) groups excluding carboxylic acids is 2. The van der Waals surface area contributed by atoms with Gasteiger partial charge in [-0.05, 0) is 36.1 Å². The minimum atomic E-state index is 0.0647. The van der Waals surface area contributed by atoms with Crippen molar-refractivity contribution < 1.29 is 9.59 Å². The van der Waals surface area contributed by atoms with Gasteiger partial charge in [0.2, 0.25) is 5.91 Å². The molecule has 1 saturated heterocycles. The van der Waals surface area contributed by atoms with Gasteiger partial charge in [-0.25, -0.2) is 0 Å². The Morgan fingerprint density at radius 2 is 1.75 bits per heavy atom. The van der Waals surface area contributed by atoms with Crippen molar-refractivity contribution in [2.75, 3.05) is 26.2 Å². The predicted octanol–water partition coefficient (Wildman–Crippen LogP) is 3.74. The molecule has 0 radical (unpaired) electrons. The van der Waals surface area contributed by atoms with Crippen molar-refractivity contribution in [2.45, 2.75) is 40.5 Å². The monoisotopic (exact) mass is 350 g/mol. The summed E-state index contributed by atoms with van der Waals surface area (Å²) in [6.07, 6.45) is 1.56. The van der Waals surface area contributed by atoms with Crippen LogP contribution in [0.3, 0.4) is 0 Å². The number of rotatable bonds is 6. The van der Waals surface area contributed by atoms with Gasteiger partial charge < -0.3 is 9.80 Å². The maximum Gasteiger partial charge on any atom is 0.263 e. The maximum atomic E-state index is 12.9. The predicted molar refractivity (Wildman–Crippen MR) is 99.2 cm³/mol. The standard InChI is InChI=1S/C19H30N2O2S/c1-14(2)12-21(13-15(3)4)18(22)16-7-9-20(10-8-16)19(23)17-6-5-11-24-17/h5-6,11,14-16H,7-10,12-13H2,1-4H3. The molecule has 1 aromatic rings. The van der Waals surface area contributed by atoms with E-state index in [2.05, 4.69) is 27.7 Å². The SMILES string of the molecule is CC(C)CN(CC(C)C)C(=O)C1CCN(C(=O)c2cccs2)CC1. The summed E-state index contributed by atoms with van der Waals surface area (Å²) < 4.78 is 0. The Morgan fingerprint density at radius 1 is 1.17 bits per heavy atom. The van der Waals surface area contributed by atoms with Crippen molar-refractivity contribution in [2.24, 2.45) is 17.8 Å². The summed E-state index contributed by atoms with van der Waals surface area (Å²) in [7, 11) is 0. The van der Waals surface area contributed by atoms with Gasteiger partial charge >= 0.3 is 0 Å². The Labute approximate surface area is 149 Å². The van der Waals surface area contributed by atoms with Crippen LogP contribution in [0, 0.1) is 17.8 Å². The molecule has 0 unspecified atom stereocenters. The minimum Gasteiger partial charge on any atom is -0.342 e. The van der Waals surface area contributed by atoms with Crippen LogP contribution in [0.25, 0.3) is 0 Å². The molecule has 0 saturated carbocycles. The van der Waals surface area contributed by atoms with Crippen LogP contribution in [0.4, 0.5) is 0 Å². The summed E-state index contributed by atoms with van der Waals surface area (Å²) in [4.78, 5) is 30.0. The second kappa shape index (κ2) is 8.65. The van der Waals surface area contributed by atoms with Crippen molar-refractivity contribution in [3.05, 3.63) is 22.4 Å². The fraction of sp³-hybridized carbons (Fsp3) is 0.684. The van der Waals surface area contributed by atoms with Gasteiger partial charge in [-0.15, -0.1) is 11.3 Å². The van der Waals surface area contributed by atoms with E-state index in [0.29, 0.717) is 24.9 Å². The summed E-state index contributed by atoms with van der Waals surface area (Å²) in [5, 5.41) is 1.93. The number of likely N-dealkylation sites (tertiary alicyclic amines) is 1. The molecule has 5 heteroatoms. The average Bonchev–Trinajstić information content (AvgIpc) is 3.06. The topological polar surface area (TPSA) is 40.6 Å². The number of amides is 2. The van der Waals surface area contributed by atoms with E-state index in [1.807, 2.05) is 27.3 Å². The third kappa shape index (κ3) is 5.07. The number of hydrogen-bond donors (Lipinski definition) is 0. The number of hydrogen-bond acceptors (Lipinski definition) is 3. The molecule has 0 aliphatic carbocycles. The molecule has 0 spiro atoms. The normalized spacial score (nSPS) is 16.0. The van der Waals surface area contributed by atoms with Crippen molar-refractivity contribution in [3.63, 3.8) is 0 Å². The maximum absolute atomic E-state index is 12.9. The van der Waals surface area contributed by atoms with Gasteiger partial charge in [0, 0.05) is 32.1 Å². The van der Waals surface area contributed by atoms with Crippen LogP contribution >= 0.6 is 11.3 Å². The Balaban J connectivity index is 1.92. The van der Waals surface area contributed by atoms with Crippen LogP contribution in [0.15, 0.2) is 17.5 Å². The molecular weight excluding hydrogens is 320 g/mol. The first-order chi connectivity index (χ1) is 11.4. The Hall–Kier alpha value is -1.36. The van der Waals surface area contributed by atoms with Crippen LogP contribution in [-0.4, -0.2) is 47.8 Å². The van der Waals surface area contributed by atoms with E-state index in [4.69, 9.17) is 0 Å². The molecule has 0 aromatic carbocycles. The lowest BCUT2D eigenvalue weighted by Gasteiger charge is -2.35. The van der Waals surface area contributed by atoms with Gasteiger partial charge in [0.05, 0.1) is 4.88 Å². The zero-order valence-electron chi connectivity index (χ0n) is 15.3. The molecule has 1 aliphatic rings. The highest BCUT2D eigenvalue weighted by atomic mass is 32.1. The first-order valence-corrected chi connectivity index (χ1v) is 9.88. The molecule has 0 N–H and O–H groups in total. The second-order valence-corrected chi connectivity index (χ2v) is 8.52. The van der Waals surface area contributed by atoms with Gasteiger partial charge in [-0.1, -0.05) is 33.8 Å². The molecule has 24 heavy (non-hydrogen) atoms. The zero-order chi connectivity index (χ0) is 17.7. The molecule has 2 heterocycles. The highest BCUT2D eigenvalue weighted by molar-refractivity contribution is 7.12. The average molecular weight is 351 g/mol. The van der Waals surface area contributed by atoms with Gasteiger partial charge in [-0.3, -0.25) is 9.59 Å². The molecule has 4 nitrogen and oxygen atoms in total. The van der Waals surface area contributed by atoms with E-state index in [1.54, 1.807) is 0 Å². The fourth-order valence-corrected chi connectivity index (χ4v) is 3.97. The number of nitrogens with zero attached hydrogens (tertiary/aromatic N) is 2. The van der Waals surface area contributed by atoms with E-state index in [-0.39, 0.29) is 17.7 Å². The van der Waals surface area contributed by atoms with Crippen molar-refractivity contribution >= 4 is 23.2 Å². The van der Waals surface area contributed by atoms with E-state index in [1.165, 1.54) is 11.3 Å². The summed E-state index contributed by atoms with van der Waals surface area (Å²) in [5.74, 6) is 1.41. The molecule has 1 aliphatic heterocycles. The lowest BCUT2D eigenvalue weighted by Crippen LogP contribution is -2.46. The Kier molecular flexibility index (Phi) is 6.84. The highest BCUT2D eigenvalue weighted by Crippen LogP contribution is 2.23. The Bertz CT molecular complexity index is 522. The molecule has 1 aromatic heterocycles. The van der Waals surface area contributed by atoms with Crippen molar-refractivity contribution in [1.82, 2.24) is 9.80 Å². The van der Waals surface area contributed by atoms with E-state index >= 15 is 0 Å². The van der Waals surface area contributed by atoms with Gasteiger partial charge in [-0.2, -0.15) is 0 Å². The van der Waals surface area contributed by atoms with Crippen molar-refractivity contribution in [1.29, 1.82) is 0 Å². The highest BCUT2D eigenvalue weighted by Gasteiger charge is 2.31. The number of thiophene rings is 1. The third-order valence-electron chi connectivity index (χ3n) is 4.35. The minimum absolute atomic E-state index is 0.0647. The molecule has 1 fully saturated rings. The zero-order valence-corrected chi connectivity index (χ0v) is 16.1. The molecule has 0 bridgehead atoms. The molecular formula is C19H30N2O2S. The third-order valence-corrected chi connectivity index (χ3v) is 5.20. The molecule has 0 atom stereocenters. The number of piperidine rings is 1. The van der Waals surface area contributed by atoms with E-state index in [9.17, 15) is 9.59 Å². The first kappa shape index (κ1) is 19.0. The largest absolute Gasteiger partial charge is 0.342 e. The molecule has 2 rings (SSSR count). The van der Waals surface area contributed by atoms with Crippen LogP contribution in [-0.2, 0) is 4.79 Å². The first-order valence-electron chi connectivity index (χ1n) is 9.00. The van der Waals surface area contributed by atoms with E-state index < -0.39 is 0 Å². The second-order valence-electron chi connectivity index (χ2n) is 7.57. The summed E-state index contributed by atoms with van der Waals surface area (Å²) in [6, 6.07) is 3.78. The Morgan fingerprint density at radius 3 is 2.21 bits per heavy atom. The quantitative estimate of drug-likeness (QED) is 0.784. The summed E-state index contributed by atoms with van der Waals surface area (Å²) >= 11 is 1.48. The van der Waals surface area contributed by atoms with Gasteiger partial charge in [0.1, 0.15) is 0 Å². The van der Waals surface area contributed by atoms with E-state index in [0.717, 1.165) is 30.8 Å². The molecule has 2 amide bonds. The van der Waals surface area contributed by atoms with Crippen molar-refractivity contribution in [3.8, 4) is 0 Å². The van der Waals surface area contributed by atoms with Gasteiger partial charge in [0.25, 0.3) is 5.91 Å². The number of carbonyl (C=O) groups is 2. The van der Waals surface area contributed by atoms with Gasteiger partial charge in [0.15, 0.2) is 0 Å². The fourth-order valence-electron chi connectivity index (χ4n) is 3.28. The lowest BCUT2D eigenvalue weighted by molar-refractivity contribution is -0.138. The summed E-state index contributed by atoms with van der Waals surface area (Å²) in [5.41, 5.74) is 0. The summed E-state index contributed by atoms with van der Waals surface area (Å²) in [6.45, 7) is 11.6. The lowest BCUT2D eigenvalue weighted by atomic mass is 9.94. The smallest absolute Gasteiger partial charge is 0.263 e. The van der Waals surface area contributed by atoms with Crippen LogP contribution in [0.1, 0.15) is 50.2 Å². The van der Waals surface area contributed by atoms with Crippen LogP contribution in [0.2, 0.25) is 0 Å².